The SMILES string of the molecule is CCCCCOCCCNCCCc1ncc[nH]1. The maximum absolute atomic E-state index is 5.55. The minimum absolute atomic E-state index is 0.884. The van der Waals surface area contributed by atoms with Crippen LogP contribution in [0.25, 0.3) is 0 Å². The van der Waals surface area contributed by atoms with E-state index in [-0.39, 0.29) is 0 Å². The number of hydrogen-bond acceptors (Lipinski definition) is 3. The third kappa shape index (κ3) is 8.25. The number of aromatic amines is 1. The summed E-state index contributed by atoms with van der Waals surface area (Å²) in [5.74, 6) is 1.08. The fourth-order valence-corrected chi connectivity index (χ4v) is 1.80. The molecule has 4 heteroatoms. The Bertz CT molecular complexity index is 262. The number of nitrogens with one attached hydrogen (secondary N) is 2. The van der Waals surface area contributed by atoms with Gasteiger partial charge in [-0.1, -0.05) is 19.8 Å². The number of nitrogens with zero attached hydrogens (tertiary/aromatic N) is 1. The molecule has 0 radical (unpaired) electrons. The van der Waals surface area contributed by atoms with Crippen LogP contribution in [0.2, 0.25) is 0 Å². The topological polar surface area (TPSA) is 49.9 Å². The Balaban J connectivity index is 1.73. The molecule has 1 heterocycles. The molecule has 0 saturated heterocycles. The minimum Gasteiger partial charge on any atom is -0.381 e. The Kier molecular flexibility index (Phi) is 9.48. The summed E-state index contributed by atoms with van der Waals surface area (Å²) >= 11 is 0. The van der Waals surface area contributed by atoms with Crippen LogP contribution in [0.5, 0.6) is 0 Å². The van der Waals surface area contributed by atoms with E-state index in [9.17, 15) is 0 Å². The lowest BCUT2D eigenvalue weighted by atomic mass is 10.3. The fraction of sp³-hybridized carbons (Fsp3) is 0.786. The van der Waals surface area contributed by atoms with Crippen LogP contribution in [-0.4, -0.2) is 36.3 Å². The van der Waals surface area contributed by atoms with E-state index in [4.69, 9.17) is 4.74 Å². The van der Waals surface area contributed by atoms with Gasteiger partial charge >= 0.3 is 0 Å². The molecule has 0 amide bonds. The minimum atomic E-state index is 0.884. The fourth-order valence-electron chi connectivity index (χ4n) is 1.80. The molecule has 2 N–H and O–H groups in total. The second-order valence-corrected chi connectivity index (χ2v) is 4.56. The van der Waals surface area contributed by atoms with Gasteiger partial charge in [-0.3, -0.25) is 0 Å². The van der Waals surface area contributed by atoms with Crippen LogP contribution in [0.3, 0.4) is 0 Å². The van der Waals surface area contributed by atoms with Gasteiger partial charge in [0.15, 0.2) is 0 Å². The van der Waals surface area contributed by atoms with Crippen LogP contribution in [0.1, 0.15) is 44.9 Å². The summed E-state index contributed by atoms with van der Waals surface area (Å²) in [6, 6.07) is 0. The zero-order valence-electron chi connectivity index (χ0n) is 11.6. The Morgan fingerprint density at radius 3 is 2.78 bits per heavy atom. The van der Waals surface area contributed by atoms with E-state index in [0.29, 0.717) is 0 Å². The van der Waals surface area contributed by atoms with Gasteiger partial charge in [-0.25, -0.2) is 4.98 Å². The molecule has 0 bridgehead atoms. The molecule has 0 unspecified atom stereocenters. The lowest BCUT2D eigenvalue weighted by Crippen LogP contribution is -2.18. The highest BCUT2D eigenvalue weighted by Crippen LogP contribution is 1.95. The first-order valence-electron chi connectivity index (χ1n) is 7.20. The molecule has 18 heavy (non-hydrogen) atoms. The van der Waals surface area contributed by atoms with Crippen LogP contribution in [0.15, 0.2) is 12.4 Å². The molecule has 0 spiro atoms. The van der Waals surface area contributed by atoms with E-state index in [1.807, 2.05) is 6.20 Å². The molecule has 0 atom stereocenters. The number of unbranched alkanes of at least 4 members (excludes halogenated alkanes) is 2. The van der Waals surface area contributed by atoms with Gasteiger partial charge in [0.25, 0.3) is 0 Å². The van der Waals surface area contributed by atoms with E-state index >= 15 is 0 Å². The summed E-state index contributed by atoms with van der Waals surface area (Å²) in [4.78, 5) is 7.31. The molecule has 1 aromatic rings. The van der Waals surface area contributed by atoms with E-state index in [1.54, 1.807) is 6.20 Å². The van der Waals surface area contributed by atoms with Gasteiger partial charge in [0.05, 0.1) is 0 Å². The Labute approximate surface area is 111 Å². The molecule has 104 valence electrons. The number of aromatic nitrogens is 2. The number of ether oxygens (including phenoxy) is 1. The summed E-state index contributed by atoms with van der Waals surface area (Å²) in [7, 11) is 0. The van der Waals surface area contributed by atoms with Crippen molar-refractivity contribution in [2.75, 3.05) is 26.3 Å². The second-order valence-electron chi connectivity index (χ2n) is 4.56. The average Bonchev–Trinajstić information content (AvgIpc) is 2.89. The first-order chi connectivity index (χ1) is 8.93. The van der Waals surface area contributed by atoms with E-state index in [0.717, 1.165) is 51.4 Å². The van der Waals surface area contributed by atoms with E-state index < -0.39 is 0 Å². The number of imidazole rings is 1. The van der Waals surface area contributed by atoms with Crippen molar-refractivity contribution in [1.82, 2.24) is 15.3 Å². The predicted molar refractivity (Wildman–Crippen MR) is 74.7 cm³/mol. The first-order valence-corrected chi connectivity index (χ1v) is 7.20. The van der Waals surface area contributed by atoms with Crippen molar-refractivity contribution in [2.24, 2.45) is 0 Å². The molecule has 0 aromatic carbocycles. The Morgan fingerprint density at radius 2 is 2.00 bits per heavy atom. The zero-order valence-corrected chi connectivity index (χ0v) is 11.6. The molecule has 0 aliphatic heterocycles. The third-order valence-electron chi connectivity index (χ3n) is 2.86. The van der Waals surface area contributed by atoms with Gasteiger partial charge in [-0.15, -0.1) is 0 Å². The highest BCUT2D eigenvalue weighted by Gasteiger charge is 1.94. The quantitative estimate of drug-likeness (QED) is 0.563. The molecule has 4 nitrogen and oxygen atoms in total. The largest absolute Gasteiger partial charge is 0.381 e. The maximum Gasteiger partial charge on any atom is 0.106 e. The Hall–Kier alpha value is -0.870. The molecular formula is C14H27N3O. The number of aryl methyl sites for hydroxylation is 1. The van der Waals surface area contributed by atoms with Crippen LogP contribution in [0.4, 0.5) is 0 Å². The maximum atomic E-state index is 5.55. The van der Waals surface area contributed by atoms with Crippen LogP contribution >= 0.6 is 0 Å². The van der Waals surface area contributed by atoms with Crippen molar-refractivity contribution in [2.45, 2.75) is 45.4 Å². The highest BCUT2D eigenvalue weighted by molar-refractivity contribution is 4.86. The van der Waals surface area contributed by atoms with Crippen molar-refractivity contribution in [3.63, 3.8) is 0 Å². The smallest absolute Gasteiger partial charge is 0.106 e. The van der Waals surface area contributed by atoms with E-state index in [1.165, 1.54) is 19.3 Å². The average molecular weight is 253 g/mol. The molecule has 1 aromatic heterocycles. The zero-order chi connectivity index (χ0) is 12.9. The summed E-state index contributed by atoms with van der Waals surface area (Å²) in [6.07, 6.45) is 10.7. The van der Waals surface area contributed by atoms with Gasteiger partial charge in [-0.05, 0) is 32.4 Å². The highest BCUT2D eigenvalue weighted by atomic mass is 16.5. The second kappa shape index (κ2) is 11.2. The van der Waals surface area contributed by atoms with Crippen molar-refractivity contribution in [3.8, 4) is 0 Å². The van der Waals surface area contributed by atoms with Gasteiger partial charge < -0.3 is 15.0 Å². The number of hydrogen-bond donors (Lipinski definition) is 2. The van der Waals surface area contributed by atoms with Gasteiger partial charge in [0.2, 0.25) is 0 Å². The molecule has 0 fully saturated rings. The van der Waals surface area contributed by atoms with E-state index in [2.05, 4.69) is 22.2 Å². The normalized spacial score (nSPS) is 10.9. The lowest BCUT2D eigenvalue weighted by Gasteiger charge is -2.05. The molecule has 0 aliphatic carbocycles. The number of H-pyrrole nitrogens is 1. The van der Waals surface area contributed by atoms with Crippen molar-refractivity contribution in [3.05, 3.63) is 18.2 Å². The molecule has 1 rings (SSSR count). The van der Waals surface area contributed by atoms with Crippen molar-refractivity contribution < 1.29 is 4.74 Å². The van der Waals surface area contributed by atoms with Gasteiger partial charge in [0, 0.05) is 32.0 Å². The summed E-state index contributed by atoms with van der Waals surface area (Å²) in [5, 5.41) is 3.43. The Morgan fingerprint density at radius 1 is 1.17 bits per heavy atom. The summed E-state index contributed by atoms with van der Waals surface area (Å²) in [5.41, 5.74) is 0. The molecule has 0 aliphatic rings. The first kappa shape index (κ1) is 15.2. The monoisotopic (exact) mass is 253 g/mol. The molecular weight excluding hydrogens is 226 g/mol. The number of rotatable bonds is 12. The van der Waals surface area contributed by atoms with Gasteiger partial charge in [-0.2, -0.15) is 0 Å². The predicted octanol–water partition coefficient (Wildman–Crippen LogP) is 2.53. The van der Waals surface area contributed by atoms with Crippen LogP contribution < -0.4 is 5.32 Å². The summed E-state index contributed by atoms with van der Waals surface area (Å²) < 4.78 is 5.55. The standard InChI is InChI=1S/C14H27N3O/c1-2-3-4-12-18-13-6-9-15-8-5-7-14-16-10-11-17-14/h10-11,15H,2-9,12-13H2,1H3,(H,16,17). The summed E-state index contributed by atoms with van der Waals surface area (Å²) in [6.45, 7) is 6.12. The molecule has 0 saturated carbocycles. The van der Waals surface area contributed by atoms with Gasteiger partial charge in [0.1, 0.15) is 5.82 Å². The lowest BCUT2D eigenvalue weighted by molar-refractivity contribution is 0.128. The van der Waals surface area contributed by atoms with Crippen molar-refractivity contribution >= 4 is 0 Å². The third-order valence-corrected chi connectivity index (χ3v) is 2.86. The van der Waals surface area contributed by atoms with Crippen LogP contribution in [0, 0.1) is 0 Å². The van der Waals surface area contributed by atoms with Crippen LogP contribution in [-0.2, 0) is 11.2 Å². The van der Waals surface area contributed by atoms with Crippen molar-refractivity contribution in [1.29, 1.82) is 0 Å².